The van der Waals surface area contributed by atoms with Crippen LogP contribution in [0.4, 0.5) is 4.39 Å². The first kappa shape index (κ1) is 6.22. The van der Waals surface area contributed by atoms with Crippen molar-refractivity contribution in [2.45, 2.75) is 0 Å². The maximum Gasteiger partial charge on any atom is 0.320 e. The van der Waals surface area contributed by atoms with Gasteiger partial charge in [-0.1, -0.05) is 12.1 Å². The monoisotopic (exact) mass is 152 g/mol. The molecule has 0 aliphatic heterocycles. The molecule has 1 aromatic carbocycles. The highest BCUT2D eigenvalue weighted by atomic mass is 19.1. The van der Waals surface area contributed by atoms with Gasteiger partial charge in [0.1, 0.15) is 5.58 Å². The third kappa shape index (κ3) is 0.774. The van der Waals surface area contributed by atoms with Crippen molar-refractivity contribution in [3.63, 3.8) is 0 Å². The molecule has 1 aromatic heterocycles. The van der Waals surface area contributed by atoms with E-state index in [0.29, 0.717) is 11.0 Å². The molecule has 0 aliphatic carbocycles. The first-order valence-electron chi connectivity index (χ1n) is 3.15. The van der Waals surface area contributed by atoms with Gasteiger partial charge in [-0.3, -0.25) is 0 Å². The molecular weight excluding hydrogens is 147 g/mol. The number of benzene rings is 1. The van der Waals surface area contributed by atoms with Gasteiger partial charge in [0.25, 0.3) is 0 Å². The Labute approximate surface area is 61.9 Å². The summed E-state index contributed by atoms with van der Waals surface area (Å²) in [5, 5.41) is 9.11. The van der Waals surface area contributed by atoms with E-state index < -0.39 is 11.8 Å². The van der Waals surface area contributed by atoms with E-state index in [2.05, 4.69) is 4.42 Å². The lowest BCUT2D eigenvalue weighted by Crippen LogP contribution is -1.66. The minimum Gasteiger partial charge on any atom is -0.479 e. The Hall–Kier alpha value is -1.51. The van der Waals surface area contributed by atoms with Gasteiger partial charge in [0.2, 0.25) is 5.82 Å². The standard InChI is InChI=1S/C8H5FO2/c9-7-5-3-1-2-4-6(5)11-8(7)10/h1-4,10H. The largest absolute Gasteiger partial charge is 0.479 e. The van der Waals surface area contributed by atoms with Crippen LogP contribution >= 0.6 is 0 Å². The lowest BCUT2D eigenvalue weighted by atomic mass is 10.2. The first-order chi connectivity index (χ1) is 5.29. The van der Waals surface area contributed by atoms with E-state index in [1.165, 1.54) is 0 Å². The molecule has 0 unspecified atom stereocenters. The molecule has 1 N–H and O–H groups in total. The van der Waals surface area contributed by atoms with Crippen LogP contribution in [0.25, 0.3) is 11.0 Å². The van der Waals surface area contributed by atoms with Crippen molar-refractivity contribution in [2.24, 2.45) is 0 Å². The van der Waals surface area contributed by atoms with Crippen molar-refractivity contribution >= 4 is 11.0 Å². The lowest BCUT2D eigenvalue weighted by Gasteiger charge is -1.81. The van der Waals surface area contributed by atoms with Crippen molar-refractivity contribution in [3.05, 3.63) is 30.1 Å². The summed E-state index contributed by atoms with van der Waals surface area (Å²) in [6.07, 6.45) is 0. The van der Waals surface area contributed by atoms with Crippen LogP contribution in [0.3, 0.4) is 0 Å². The van der Waals surface area contributed by atoms with Gasteiger partial charge in [0, 0.05) is 0 Å². The highest BCUT2D eigenvalue weighted by Gasteiger charge is 2.10. The van der Waals surface area contributed by atoms with Crippen molar-refractivity contribution in [1.29, 1.82) is 0 Å². The fourth-order valence-electron chi connectivity index (χ4n) is 1.00. The molecule has 2 aromatic rings. The van der Waals surface area contributed by atoms with Gasteiger partial charge in [0.15, 0.2) is 0 Å². The van der Waals surface area contributed by atoms with Gasteiger partial charge in [-0.2, -0.15) is 4.39 Å². The number of para-hydroxylation sites is 1. The number of hydrogen-bond acceptors (Lipinski definition) is 2. The minimum absolute atomic E-state index is 0.310. The molecule has 0 saturated carbocycles. The summed E-state index contributed by atoms with van der Waals surface area (Å²) in [6, 6.07) is 6.54. The van der Waals surface area contributed by atoms with E-state index in [1.807, 2.05) is 0 Å². The summed E-state index contributed by atoms with van der Waals surface area (Å²) in [7, 11) is 0. The lowest BCUT2D eigenvalue weighted by molar-refractivity contribution is 0.321. The quantitative estimate of drug-likeness (QED) is 0.628. The third-order valence-corrected chi connectivity index (χ3v) is 1.52. The Bertz CT molecular complexity index is 392. The van der Waals surface area contributed by atoms with Crippen LogP contribution < -0.4 is 0 Å². The number of fused-ring (bicyclic) bond motifs is 1. The van der Waals surface area contributed by atoms with E-state index in [4.69, 9.17) is 5.11 Å². The molecule has 0 spiro atoms. The van der Waals surface area contributed by atoms with Crippen LogP contribution in [0, 0.1) is 5.82 Å². The second-order valence-electron chi connectivity index (χ2n) is 2.22. The molecule has 1 heterocycles. The van der Waals surface area contributed by atoms with Crippen molar-refractivity contribution in [1.82, 2.24) is 0 Å². The van der Waals surface area contributed by atoms with Crippen molar-refractivity contribution < 1.29 is 13.9 Å². The van der Waals surface area contributed by atoms with Crippen molar-refractivity contribution in [3.8, 4) is 5.95 Å². The van der Waals surface area contributed by atoms with Crippen molar-refractivity contribution in [2.75, 3.05) is 0 Å². The third-order valence-electron chi connectivity index (χ3n) is 1.52. The maximum absolute atomic E-state index is 12.8. The zero-order valence-corrected chi connectivity index (χ0v) is 5.54. The zero-order valence-electron chi connectivity index (χ0n) is 5.54. The molecule has 2 rings (SSSR count). The Kier molecular flexibility index (Phi) is 1.12. The molecule has 0 saturated heterocycles. The van der Waals surface area contributed by atoms with Crippen LogP contribution in [0.5, 0.6) is 5.95 Å². The predicted octanol–water partition coefficient (Wildman–Crippen LogP) is 2.28. The summed E-state index contributed by atoms with van der Waals surface area (Å²) < 4.78 is 17.5. The Balaban J connectivity index is 2.92. The van der Waals surface area contributed by atoms with Crippen LogP contribution in [-0.4, -0.2) is 5.11 Å². The van der Waals surface area contributed by atoms with Gasteiger partial charge >= 0.3 is 5.95 Å². The average Bonchev–Trinajstić information content (AvgIpc) is 2.30. The van der Waals surface area contributed by atoms with Gasteiger partial charge in [-0.15, -0.1) is 0 Å². The van der Waals surface area contributed by atoms with Gasteiger partial charge in [-0.05, 0) is 12.1 Å². The average molecular weight is 152 g/mol. The normalized spacial score (nSPS) is 10.6. The smallest absolute Gasteiger partial charge is 0.320 e. The highest BCUT2D eigenvalue weighted by molar-refractivity contribution is 5.79. The van der Waals surface area contributed by atoms with Gasteiger partial charge in [-0.25, -0.2) is 0 Å². The molecule has 56 valence electrons. The molecule has 2 nitrogen and oxygen atoms in total. The first-order valence-corrected chi connectivity index (χ1v) is 3.15. The molecule has 0 bridgehead atoms. The summed E-state index contributed by atoms with van der Waals surface area (Å²) in [4.78, 5) is 0. The van der Waals surface area contributed by atoms with E-state index in [0.717, 1.165) is 0 Å². The molecule has 0 atom stereocenters. The van der Waals surface area contributed by atoms with Gasteiger partial charge in [0.05, 0.1) is 5.39 Å². The number of aromatic hydroxyl groups is 1. The Morgan fingerprint density at radius 1 is 1.27 bits per heavy atom. The fraction of sp³-hybridized carbons (Fsp3) is 0. The van der Waals surface area contributed by atoms with E-state index in [1.54, 1.807) is 24.3 Å². The topological polar surface area (TPSA) is 33.4 Å². The number of furan rings is 1. The maximum atomic E-state index is 12.8. The molecule has 0 radical (unpaired) electrons. The number of rotatable bonds is 0. The molecule has 11 heavy (non-hydrogen) atoms. The van der Waals surface area contributed by atoms with Crippen LogP contribution in [-0.2, 0) is 0 Å². The second-order valence-corrected chi connectivity index (χ2v) is 2.22. The summed E-state index contributed by atoms with van der Waals surface area (Å²) in [5.74, 6) is -1.34. The number of halogens is 1. The molecule has 0 aliphatic rings. The molecule has 0 fully saturated rings. The zero-order chi connectivity index (χ0) is 7.84. The SMILES string of the molecule is Oc1oc2ccccc2c1F. The Morgan fingerprint density at radius 2 is 2.00 bits per heavy atom. The van der Waals surface area contributed by atoms with Gasteiger partial charge < -0.3 is 9.52 Å². The van der Waals surface area contributed by atoms with E-state index >= 15 is 0 Å². The molecule has 0 amide bonds. The summed E-state index contributed by atoms with van der Waals surface area (Å²) in [6.45, 7) is 0. The Morgan fingerprint density at radius 3 is 2.73 bits per heavy atom. The van der Waals surface area contributed by atoms with Crippen LogP contribution in [0.2, 0.25) is 0 Å². The van der Waals surface area contributed by atoms with Crippen LogP contribution in [0.15, 0.2) is 28.7 Å². The second kappa shape index (κ2) is 1.99. The van der Waals surface area contributed by atoms with E-state index in [-0.39, 0.29) is 0 Å². The number of hydrogen-bond donors (Lipinski definition) is 1. The molecular formula is C8H5FO2. The fourth-order valence-corrected chi connectivity index (χ4v) is 1.00. The van der Waals surface area contributed by atoms with Crippen LogP contribution in [0.1, 0.15) is 0 Å². The summed E-state index contributed by atoms with van der Waals surface area (Å²) in [5.41, 5.74) is 0.363. The van der Waals surface area contributed by atoms with E-state index in [9.17, 15) is 4.39 Å². The molecule has 3 heteroatoms. The predicted molar refractivity (Wildman–Crippen MR) is 37.8 cm³/mol. The minimum atomic E-state index is -0.694. The highest BCUT2D eigenvalue weighted by Crippen LogP contribution is 2.28. The summed E-state index contributed by atoms with van der Waals surface area (Å²) >= 11 is 0.